The van der Waals surface area contributed by atoms with Crippen LogP contribution in [0.3, 0.4) is 0 Å². The number of ether oxygens (including phenoxy) is 1. The normalized spacial score (nSPS) is 32.2. The molecule has 3 rings (SSSR count). The van der Waals surface area contributed by atoms with Gasteiger partial charge in [0.2, 0.25) is 5.91 Å². The summed E-state index contributed by atoms with van der Waals surface area (Å²) in [5.74, 6) is 0.127. The van der Waals surface area contributed by atoms with E-state index in [0.717, 1.165) is 18.4 Å². The van der Waals surface area contributed by atoms with E-state index in [4.69, 9.17) is 4.74 Å². The Labute approximate surface area is 106 Å². The van der Waals surface area contributed by atoms with Gasteiger partial charge in [0.05, 0.1) is 18.7 Å². The van der Waals surface area contributed by atoms with E-state index in [1.807, 2.05) is 35.2 Å². The molecule has 2 unspecified atom stereocenters. The summed E-state index contributed by atoms with van der Waals surface area (Å²) in [5.41, 5.74) is 1.07. The molecule has 96 valence electrons. The number of hydrogen-bond acceptors (Lipinski definition) is 3. The third kappa shape index (κ3) is 1.91. The second-order valence-corrected chi connectivity index (χ2v) is 4.91. The smallest absolute Gasteiger partial charge is 0.223 e. The van der Waals surface area contributed by atoms with Gasteiger partial charge in [0.15, 0.2) is 6.29 Å². The van der Waals surface area contributed by atoms with Crippen molar-refractivity contribution in [3.8, 4) is 0 Å². The molecule has 2 heterocycles. The summed E-state index contributed by atoms with van der Waals surface area (Å²) in [6, 6.07) is 9.64. The minimum absolute atomic E-state index is 0.0626. The minimum Gasteiger partial charge on any atom is -0.366 e. The molecule has 0 bridgehead atoms. The van der Waals surface area contributed by atoms with E-state index in [-0.39, 0.29) is 18.0 Å². The zero-order valence-corrected chi connectivity index (χ0v) is 10.2. The molecule has 1 N–H and O–H groups in total. The lowest BCUT2D eigenvalue weighted by atomic mass is 9.94. The number of piperidine rings is 1. The van der Waals surface area contributed by atoms with Gasteiger partial charge < -0.3 is 14.7 Å². The maximum absolute atomic E-state index is 12.1. The first-order valence-corrected chi connectivity index (χ1v) is 6.43. The first-order chi connectivity index (χ1) is 8.77. The maximum Gasteiger partial charge on any atom is 0.223 e. The van der Waals surface area contributed by atoms with Crippen LogP contribution in [0.4, 0.5) is 0 Å². The van der Waals surface area contributed by atoms with Crippen LogP contribution in [0.15, 0.2) is 30.3 Å². The Morgan fingerprint density at radius 3 is 2.83 bits per heavy atom. The predicted octanol–water partition coefficient (Wildman–Crippen LogP) is 1.46. The van der Waals surface area contributed by atoms with Gasteiger partial charge in [0, 0.05) is 6.42 Å². The van der Waals surface area contributed by atoms with Crippen LogP contribution in [0.5, 0.6) is 0 Å². The molecule has 0 spiro atoms. The number of rotatable bonds is 1. The number of benzene rings is 1. The summed E-state index contributed by atoms with van der Waals surface area (Å²) in [7, 11) is 0. The van der Waals surface area contributed by atoms with Crippen LogP contribution >= 0.6 is 0 Å². The van der Waals surface area contributed by atoms with Gasteiger partial charge in [-0.1, -0.05) is 30.3 Å². The maximum atomic E-state index is 12.1. The Balaban J connectivity index is 1.92. The van der Waals surface area contributed by atoms with Crippen LogP contribution in [0.1, 0.15) is 30.9 Å². The highest BCUT2D eigenvalue weighted by Gasteiger charge is 2.42. The van der Waals surface area contributed by atoms with Crippen molar-refractivity contribution in [3.05, 3.63) is 35.9 Å². The zero-order valence-electron chi connectivity index (χ0n) is 10.2. The quantitative estimate of drug-likeness (QED) is 0.817. The molecule has 0 saturated carbocycles. The number of aliphatic hydroxyl groups is 1. The SMILES string of the molecule is O=C1CCCC2C(O)OC[C@@H](c3ccccc3)N12. The second-order valence-electron chi connectivity index (χ2n) is 4.91. The van der Waals surface area contributed by atoms with E-state index >= 15 is 0 Å². The summed E-state index contributed by atoms with van der Waals surface area (Å²) in [6.45, 7) is 0.368. The topological polar surface area (TPSA) is 49.8 Å². The molecular formula is C14H17NO3. The molecule has 1 amide bonds. The Morgan fingerprint density at radius 2 is 2.06 bits per heavy atom. The van der Waals surface area contributed by atoms with Crippen molar-refractivity contribution in [2.75, 3.05) is 6.61 Å². The van der Waals surface area contributed by atoms with Gasteiger partial charge in [-0.25, -0.2) is 0 Å². The second kappa shape index (κ2) is 4.71. The lowest BCUT2D eigenvalue weighted by Crippen LogP contribution is -2.56. The van der Waals surface area contributed by atoms with Crippen molar-refractivity contribution < 1.29 is 14.6 Å². The average molecular weight is 247 g/mol. The molecule has 18 heavy (non-hydrogen) atoms. The highest BCUT2D eigenvalue weighted by molar-refractivity contribution is 5.78. The zero-order chi connectivity index (χ0) is 12.5. The number of carbonyl (C=O) groups excluding carboxylic acids is 1. The van der Waals surface area contributed by atoms with Crippen molar-refractivity contribution in [1.82, 2.24) is 4.90 Å². The van der Waals surface area contributed by atoms with Crippen molar-refractivity contribution >= 4 is 5.91 Å². The molecule has 0 radical (unpaired) electrons. The summed E-state index contributed by atoms with van der Waals surface area (Å²) < 4.78 is 5.42. The summed E-state index contributed by atoms with van der Waals surface area (Å²) in [5, 5.41) is 9.87. The van der Waals surface area contributed by atoms with Gasteiger partial charge in [-0.05, 0) is 18.4 Å². The van der Waals surface area contributed by atoms with Crippen molar-refractivity contribution in [3.63, 3.8) is 0 Å². The fourth-order valence-electron chi connectivity index (χ4n) is 2.91. The van der Waals surface area contributed by atoms with Crippen LogP contribution in [0.2, 0.25) is 0 Å². The van der Waals surface area contributed by atoms with E-state index in [1.54, 1.807) is 0 Å². The van der Waals surface area contributed by atoms with Gasteiger partial charge in [-0.3, -0.25) is 4.79 Å². The van der Waals surface area contributed by atoms with Crippen LogP contribution in [0.25, 0.3) is 0 Å². The molecule has 4 nitrogen and oxygen atoms in total. The van der Waals surface area contributed by atoms with Gasteiger partial charge in [0.25, 0.3) is 0 Å². The molecule has 1 aromatic carbocycles. The summed E-state index contributed by atoms with van der Waals surface area (Å²) in [6.07, 6.45) is 1.39. The Kier molecular flexibility index (Phi) is 3.06. The van der Waals surface area contributed by atoms with E-state index < -0.39 is 6.29 Å². The molecule has 2 fully saturated rings. The van der Waals surface area contributed by atoms with Gasteiger partial charge in [-0.15, -0.1) is 0 Å². The number of nitrogens with zero attached hydrogens (tertiary/aromatic N) is 1. The van der Waals surface area contributed by atoms with Gasteiger partial charge >= 0.3 is 0 Å². The van der Waals surface area contributed by atoms with E-state index in [9.17, 15) is 9.90 Å². The van der Waals surface area contributed by atoms with Crippen LogP contribution in [0, 0.1) is 0 Å². The molecule has 2 saturated heterocycles. The Morgan fingerprint density at radius 1 is 1.28 bits per heavy atom. The first kappa shape index (κ1) is 11.7. The molecule has 4 heteroatoms. The largest absolute Gasteiger partial charge is 0.366 e. The summed E-state index contributed by atoms with van der Waals surface area (Å²) in [4.78, 5) is 13.9. The molecule has 2 aliphatic rings. The number of fused-ring (bicyclic) bond motifs is 1. The number of amides is 1. The van der Waals surface area contributed by atoms with Crippen LogP contribution < -0.4 is 0 Å². The van der Waals surface area contributed by atoms with Gasteiger partial charge in [0.1, 0.15) is 0 Å². The average Bonchev–Trinajstić information content (AvgIpc) is 2.41. The standard InChI is InChI=1S/C14H17NO3/c16-13-8-4-7-11-14(17)18-9-12(15(11)13)10-5-2-1-3-6-10/h1-3,5-6,11-12,14,17H,4,7-9H2/t11?,12-,14?/m0/s1. The molecule has 3 atom stereocenters. The van der Waals surface area contributed by atoms with Crippen LogP contribution in [-0.2, 0) is 9.53 Å². The Bertz CT molecular complexity index is 434. The van der Waals surface area contributed by atoms with E-state index in [2.05, 4.69) is 0 Å². The number of aliphatic hydroxyl groups excluding tert-OH is 1. The highest BCUT2D eigenvalue weighted by atomic mass is 16.6. The fourth-order valence-corrected chi connectivity index (χ4v) is 2.91. The van der Waals surface area contributed by atoms with E-state index in [0.29, 0.717) is 13.0 Å². The lowest BCUT2D eigenvalue weighted by Gasteiger charge is -2.47. The number of carbonyl (C=O) groups is 1. The lowest BCUT2D eigenvalue weighted by molar-refractivity contribution is -0.210. The number of morpholine rings is 1. The highest BCUT2D eigenvalue weighted by Crippen LogP contribution is 2.35. The first-order valence-electron chi connectivity index (χ1n) is 6.43. The monoisotopic (exact) mass is 247 g/mol. The molecule has 2 aliphatic heterocycles. The molecular weight excluding hydrogens is 230 g/mol. The summed E-state index contributed by atoms with van der Waals surface area (Å²) >= 11 is 0. The third-order valence-electron chi connectivity index (χ3n) is 3.81. The number of hydrogen-bond donors (Lipinski definition) is 1. The predicted molar refractivity (Wildman–Crippen MR) is 65.6 cm³/mol. The van der Waals surface area contributed by atoms with Crippen molar-refractivity contribution in [2.24, 2.45) is 0 Å². The van der Waals surface area contributed by atoms with Gasteiger partial charge in [-0.2, -0.15) is 0 Å². The van der Waals surface area contributed by atoms with Crippen LogP contribution in [-0.4, -0.2) is 34.9 Å². The van der Waals surface area contributed by atoms with E-state index in [1.165, 1.54) is 0 Å². The molecule has 1 aromatic rings. The minimum atomic E-state index is -0.839. The Hall–Kier alpha value is -1.39. The fraction of sp³-hybridized carbons (Fsp3) is 0.500. The van der Waals surface area contributed by atoms with Crippen molar-refractivity contribution in [1.29, 1.82) is 0 Å². The third-order valence-corrected chi connectivity index (χ3v) is 3.81. The van der Waals surface area contributed by atoms with Crippen molar-refractivity contribution in [2.45, 2.75) is 37.6 Å². The molecule has 0 aliphatic carbocycles. The molecule has 0 aromatic heterocycles.